The number of hydrogen-bond donors (Lipinski definition) is 2. The van der Waals surface area contributed by atoms with Crippen LogP contribution in [0.4, 0.5) is 11.4 Å². The molecular formula is C13H17N3O. The van der Waals surface area contributed by atoms with Gasteiger partial charge in [-0.3, -0.25) is 0 Å². The third kappa shape index (κ3) is 1.85. The van der Waals surface area contributed by atoms with Gasteiger partial charge in [-0.1, -0.05) is 0 Å². The Hall–Kier alpha value is -1.68. The molecule has 1 saturated heterocycles. The lowest BCUT2D eigenvalue weighted by Gasteiger charge is -2.32. The Morgan fingerprint density at radius 1 is 1.24 bits per heavy atom. The van der Waals surface area contributed by atoms with Gasteiger partial charge in [0.15, 0.2) is 5.58 Å². The highest BCUT2D eigenvalue weighted by Gasteiger charge is 2.19. The second-order valence-corrected chi connectivity index (χ2v) is 4.70. The summed E-state index contributed by atoms with van der Waals surface area (Å²) in [5, 5.41) is 1.06. The lowest BCUT2D eigenvalue weighted by atomic mass is 10.0. The number of hydrogen-bond acceptors (Lipinski definition) is 4. The Labute approximate surface area is 100 Å². The standard InChI is InChI=1S/C13H17N3O/c14-10-1-4-16(5-2-10)12-8-11(15)7-9-3-6-17-13(9)12/h3,6-8,10H,1-2,4-5,14-15H2. The zero-order chi connectivity index (χ0) is 11.8. The quantitative estimate of drug-likeness (QED) is 0.736. The molecule has 1 fully saturated rings. The monoisotopic (exact) mass is 231 g/mol. The largest absolute Gasteiger partial charge is 0.462 e. The third-order valence-electron chi connectivity index (χ3n) is 3.43. The van der Waals surface area contributed by atoms with E-state index in [2.05, 4.69) is 4.90 Å². The fraction of sp³-hybridized carbons (Fsp3) is 0.385. The molecule has 0 unspecified atom stereocenters. The van der Waals surface area contributed by atoms with Gasteiger partial charge in [0, 0.05) is 30.2 Å². The van der Waals surface area contributed by atoms with E-state index in [-0.39, 0.29) is 0 Å². The number of benzene rings is 1. The van der Waals surface area contributed by atoms with Gasteiger partial charge in [0.05, 0.1) is 12.0 Å². The van der Waals surface area contributed by atoms with Gasteiger partial charge in [-0.25, -0.2) is 0 Å². The van der Waals surface area contributed by atoms with Crippen LogP contribution in [-0.4, -0.2) is 19.1 Å². The zero-order valence-corrected chi connectivity index (χ0v) is 9.73. The van der Waals surface area contributed by atoms with Gasteiger partial charge in [0.25, 0.3) is 0 Å². The van der Waals surface area contributed by atoms with Crippen molar-refractivity contribution in [2.45, 2.75) is 18.9 Å². The highest BCUT2D eigenvalue weighted by atomic mass is 16.3. The molecule has 0 aliphatic carbocycles. The SMILES string of the molecule is Nc1cc(N2CCC(N)CC2)c2occc2c1. The molecule has 0 atom stereocenters. The molecule has 1 aromatic carbocycles. The predicted molar refractivity (Wildman–Crippen MR) is 70.0 cm³/mol. The van der Waals surface area contributed by atoms with Crippen molar-refractivity contribution >= 4 is 22.3 Å². The highest BCUT2D eigenvalue weighted by molar-refractivity contribution is 5.92. The van der Waals surface area contributed by atoms with Crippen LogP contribution in [0, 0.1) is 0 Å². The normalized spacial score (nSPS) is 17.8. The van der Waals surface area contributed by atoms with Gasteiger partial charge in [0.2, 0.25) is 0 Å². The van der Waals surface area contributed by atoms with E-state index >= 15 is 0 Å². The van der Waals surface area contributed by atoms with Crippen LogP contribution >= 0.6 is 0 Å². The lowest BCUT2D eigenvalue weighted by molar-refractivity contribution is 0.499. The van der Waals surface area contributed by atoms with E-state index in [1.165, 1.54) is 0 Å². The molecule has 17 heavy (non-hydrogen) atoms. The van der Waals surface area contributed by atoms with Crippen molar-refractivity contribution in [1.29, 1.82) is 0 Å². The van der Waals surface area contributed by atoms with E-state index in [9.17, 15) is 0 Å². The number of furan rings is 1. The summed E-state index contributed by atoms with van der Waals surface area (Å²) in [6, 6.07) is 6.21. The van der Waals surface area contributed by atoms with E-state index < -0.39 is 0 Å². The molecule has 4 N–H and O–H groups in total. The van der Waals surface area contributed by atoms with Crippen LogP contribution in [0.5, 0.6) is 0 Å². The first-order valence-electron chi connectivity index (χ1n) is 6.01. The van der Waals surface area contributed by atoms with Crippen LogP contribution in [-0.2, 0) is 0 Å². The molecule has 0 amide bonds. The van der Waals surface area contributed by atoms with Crippen LogP contribution in [0.15, 0.2) is 28.9 Å². The number of anilines is 2. The van der Waals surface area contributed by atoms with Crippen molar-refractivity contribution in [3.05, 3.63) is 24.5 Å². The number of nitrogens with two attached hydrogens (primary N) is 2. The number of rotatable bonds is 1. The van der Waals surface area contributed by atoms with Crippen molar-refractivity contribution < 1.29 is 4.42 Å². The van der Waals surface area contributed by atoms with Crippen LogP contribution in [0.25, 0.3) is 11.0 Å². The lowest BCUT2D eigenvalue weighted by Crippen LogP contribution is -2.39. The van der Waals surface area contributed by atoms with Gasteiger partial charge in [-0.2, -0.15) is 0 Å². The Bertz CT molecular complexity index is 526. The molecule has 2 aromatic rings. The maximum atomic E-state index is 5.92. The molecular weight excluding hydrogens is 214 g/mol. The van der Waals surface area contributed by atoms with E-state index in [0.717, 1.165) is 48.3 Å². The summed E-state index contributed by atoms with van der Waals surface area (Å²) in [5.41, 5.74) is 14.6. The van der Waals surface area contributed by atoms with Gasteiger partial charge in [-0.05, 0) is 31.0 Å². The summed E-state index contributed by atoms with van der Waals surface area (Å²) in [4.78, 5) is 2.31. The van der Waals surface area contributed by atoms with Crippen LogP contribution in [0.3, 0.4) is 0 Å². The van der Waals surface area contributed by atoms with Gasteiger partial charge in [0.1, 0.15) is 0 Å². The summed E-state index contributed by atoms with van der Waals surface area (Å²) >= 11 is 0. The summed E-state index contributed by atoms with van der Waals surface area (Å²) in [5.74, 6) is 0. The molecule has 4 nitrogen and oxygen atoms in total. The highest BCUT2D eigenvalue weighted by Crippen LogP contribution is 2.32. The van der Waals surface area contributed by atoms with Crippen molar-refractivity contribution in [3.63, 3.8) is 0 Å². The number of piperidine rings is 1. The molecule has 0 bridgehead atoms. The first-order valence-corrected chi connectivity index (χ1v) is 6.01. The van der Waals surface area contributed by atoms with Crippen molar-refractivity contribution in [3.8, 4) is 0 Å². The summed E-state index contributed by atoms with van der Waals surface area (Å²) in [7, 11) is 0. The molecule has 3 rings (SSSR count). The number of nitrogens with zero attached hydrogens (tertiary/aromatic N) is 1. The average Bonchev–Trinajstić information content (AvgIpc) is 2.77. The molecule has 2 heterocycles. The minimum atomic E-state index is 0.333. The minimum absolute atomic E-state index is 0.333. The van der Waals surface area contributed by atoms with E-state index in [1.54, 1.807) is 6.26 Å². The van der Waals surface area contributed by atoms with Gasteiger partial charge < -0.3 is 20.8 Å². The molecule has 90 valence electrons. The Morgan fingerprint density at radius 3 is 2.76 bits per heavy atom. The van der Waals surface area contributed by atoms with E-state index in [0.29, 0.717) is 6.04 Å². The summed E-state index contributed by atoms with van der Waals surface area (Å²) in [6.07, 6.45) is 3.76. The average molecular weight is 231 g/mol. The molecule has 1 aliphatic heterocycles. The summed E-state index contributed by atoms with van der Waals surface area (Å²) < 4.78 is 5.56. The van der Waals surface area contributed by atoms with Crippen LogP contribution < -0.4 is 16.4 Å². The van der Waals surface area contributed by atoms with Crippen molar-refractivity contribution in [1.82, 2.24) is 0 Å². The number of nitrogen functional groups attached to an aromatic ring is 1. The molecule has 1 aromatic heterocycles. The first kappa shape index (κ1) is 10.5. The third-order valence-corrected chi connectivity index (χ3v) is 3.43. The van der Waals surface area contributed by atoms with Crippen molar-refractivity contribution in [2.24, 2.45) is 5.73 Å². The molecule has 0 saturated carbocycles. The Balaban J connectivity index is 2.01. The van der Waals surface area contributed by atoms with Crippen LogP contribution in [0.2, 0.25) is 0 Å². The minimum Gasteiger partial charge on any atom is -0.462 e. The smallest absolute Gasteiger partial charge is 0.157 e. The van der Waals surface area contributed by atoms with Gasteiger partial charge >= 0.3 is 0 Å². The fourth-order valence-electron chi connectivity index (χ4n) is 2.46. The Morgan fingerprint density at radius 2 is 2.00 bits per heavy atom. The van der Waals surface area contributed by atoms with Gasteiger partial charge in [-0.15, -0.1) is 0 Å². The topological polar surface area (TPSA) is 68.4 Å². The second-order valence-electron chi connectivity index (χ2n) is 4.70. The fourth-order valence-corrected chi connectivity index (χ4v) is 2.46. The maximum Gasteiger partial charge on any atom is 0.157 e. The predicted octanol–water partition coefficient (Wildman–Crippen LogP) is 1.94. The Kier molecular flexibility index (Phi) is 2.44. The maximum absolute atomic E-state index is 5.92. The van der Waals surface area contributed by atoms with E-state index in [4.69, 9.17) is 15.9 Å². The van der Waals surface area contributed by atoms with Crippen molar-refractivity contribution in [2.75, 3.05) is 23.7 Å². The zero-order valence-electron chi connectivity index (χ0n) is 9.73. The summed E-state index contributed by atoms with van der Waals surface area (Å²) in [6.45, 7) is 1.95. The molecule has 4 heteroatoms. The number of fused-ring (bicyclic) bond motifs is 1. The van der Waals surface area contributed by atoms with E-state index in [1.807, 2.05) is 18.2 Å². The molecule has 0 spiro atoms. The van der Waals surface area contributed by atoms with Crippen LogP contribution in [0.1, 0.15) is 12.8 Å². The molecule has 0 radical (unpaired) electrons. The molecule has 1 aliphatic rings. The first-order chi connectivity index (χ1) is 8.24. The second kappa shape index (κ2) is 3.96.